The molecular weight excluding hydrogens is 287 g/mol. The lowest BCUT2D eigenvalue weighted by molar-refractivity contribution is 0.00578. The zero-order chi connectivity index (χ0) is 16.5. The van der Waals surface area contributed by atoms with Crippen molar-refractivity contribution in [2.45, 2.75) is 57.6 Å². The Morgan fingerprint density at radius 1 is 1.09 bits per heavy atom. The molecule has 0 bridgehead atoms. The predicted molar refractivity (Wildman–Crippen MR) is 80.1 cm³/mol. The SMILES string of the molecule is CC1(C)OB(C2CC2)OC1(C)C.N#Cc1c(F)cccc1F. The standard InChI is InChI=1S/C9H17BO2.C7H3F2N/c1-8(2)9(3,4)12-10(11-8)7-5-6-7;8-6-2-1-3-7(9)5(6)4-10/h7H,5-6H2,1-4H3;1-3H. The first-order valence-corrected chi connectivity index (χ1v) is 7.38. The average molecular weight is 307 g/mol. The van der Waals surface area contributed by atoms with Gasteiger partial charge in [-0.2, -0.15) is 5.26 Å². The van der Waals surface area contributed by atoms with Gasteiger partial charge in [-0.05, 0) is 45.6 Å². The van der Waals surface area contributed by atoms with E-state index in [0.29, 0.717) is 5.82 Å². The normalized spacial score (nSPS) is 21.8. The highest BCUT2D eigenvalue weighted by Gasteiger charge is 2.55. The Balaban J connectivity index is 0.000000164. The number of benzene rings is 1. The van der Waals surface area contributed by atoms with Gasteiger partial charge in [-0.3, -0.25) is 0 Å². The summed E-state index contributed by atoms with van der Waals surface area (Å²) in [6, 6.07) is 4.71. The number of rotatable bonds is 1. The quantitative estimate of drug-likeness (QED) is 0.734. The molecule has 0 atom stereocenters. The lowest BCUT2D eigenvalue weighted by Gasteiger charge is -2.32. The van der Waals surface area contributed by atoms with Crippen LogP contribution in [-0.4, -0.2) is 18.3 Å². The van der Waals surface area contributed by atoms with Crippen molar-refractivity contribution < 1.29 is 18.1 Å². The Morgan fingerprint density at radius 2 is 1.55 bits per heavy atom. The number of hydrogen-bond donors (Lipinski definition) is 0. The molecule has 1 heterocycles. The summed E-state index contributed by atoms with van der Waals surface area (Å²) in [6.45, 7) is 8.43. The maximum Gasteiger partial charge on any atom is 0.461 e. The van der Waals surface area contributed by atoms with Gasteiger partial charge in [0.1, 0.15) is 23.3 Å². The van der Waals surface area contributed by atoms with Gasteiger partial charge < -0.3 is 9.31 Å². The predicted octanol–water partition coefficient (Wildman–Crippen LogP) is 4.08. The van der Waals surface area contributed by atoms with Crippen LogP contribution in [0.25, 0.3) is 0 Å². The van der Waals surface area contributed by atoms with Crippen LogP contribution in [0.1, 0.15) is 46.1 Å². The molecule has 118 valence electrons. The Bertz CT molecular complexity index is 558. The van der Waals surface area contributed by atoms with Gasteiger partial charge in [0.05, 0.1) is 11.2 Å². The van der Waals surface area contributed by atoms with Gasteiger partial charge in [0, 0.05) is 0 Å². The third-order valence-electron chi connectivity index (χ3n) is 4.35. The smallest absolute Gasteiger partial charge is 0.403 e. The molecule has 2 fully saturated rings. The van der Waals surface area contributed by atoms with E-state index in [1.54, 1.807) is 0 Å². The van der Waals surface area contributed by atoms with E-state index >= 15 is 0 Å². The second-order valence-corrected chi connectivity index (χ2v) is 6.67. The van der Waals surface area contributed by atoms with Crippen LogP contribution in [0.5, 0.6) is 0 Å². The van der Waals surface area contributed by atoms with Crippen LogP contribution in [0.3, 0.4) is 0 Å². The summed E-state index contributed by atoms with van der Waals surface area (Å²) < 4.78 is 36.5. The molecule has 0 amide bonds. The van der Waals surface area contributed by atoms with Crippen LogP contribution in [-0.2, 0) is 9.31 Å². The van der Waals surface area contributed by atoms with E-state index < -0.39 is 17.2 Å². The van der Waals surface area contributed by atoms with Gasteiger partial charge in [-0.15, -0.1) is 0 Å². The monoisotopic (exact) mass is 307 g/mol. The van der Waals surface area contributed by atoms with Gasteiger partial charge in [-0.1, -0.05) is 18.9 Å². The van der Waals surface area contributed by atoms with Gasteiger partial charge >= 0.3 is 7.12 Å². The van der Waals surface area contributed by atoms with Crippen molar-refractivity contribution >= 4 is 7.12 Å². The molecule has 1 aromatic carbocycles. The first kappa shape index (κ1) is 16.9. The number of nitrogens with zero attached hydrogens (tertiary/aromatic N) is 1. The zero-order valence-corrected chi connectivity index (χ0v) is 13.3. The highest BCUT2D eigenvalue weighted by atomic mass is 19.1. The molecule has 0 aromatic heterocycles. The van der Waals surface area contributed by atoms with Crippen molar-refractivity contribution in [2.75, 3.05) is 0 Å². The van der Waals surface area contributed by atoms with Crippen molar-refractivity contribution in [1.29, 1.82) is 5.26 Å². The van der Waals surface area contributed by atoms with E-state index in [1.165, 1.54) is 25.0 Å². The van der Waals surface area contributed by atoms with Crippen LogP contribution < -0.4 is 0 Å². The molecule has 0 unspecified atom stereocenters. The third kappa shape index (κ3) is 3.48. The third-order valence-corrected chi connectivity index (χ3v) is 4.35. The molecule has 1 aromatic rings. The molecule has 1 saturated carbocycles. The molecule has 6 heteroatoms. The van der Waals surface area contributed by atoms with Crippen molar-refractivity contribution in [3.63, 3.8) is 0 Å². The molecular formula is C16H20BF2NO2. The summed E-state index contributed by atoms with van der Waals surface area (Å²) in [5.41, 5.74) is -0.803. The molecule has 3 nitrogen and oxygen atoms in total. The Hall–Kier alpha value is -1.45. The highest BCUT2D eigenvalue weighted by Crippen LogP contribution is 2.48. The first-order valence-electron chi connectivity index (χ1n) is 7.38. The van der Waals surface area contributed by atoms with Crippen LogP contribution in [0.2, 0.25) is 5.82 Å². The second-order valence-electron chi connectivity index (χ2n) is 6.67. The summed E-state index contributed by atoms with van der Waals surface area (Å²) in [7, 11) is 0.0648. The summed E-state index contributed by atoms with van der Waals surface area (Å²) in [5.74, 6) is -0.962. The van der Waals surface area contributed by atoms with Gasteiger partial charge in [0.25, 0.3) is 0 Å². The molecule has 2 aliphatic rings. The van der Waals surface area contributed by atoms with E-state index in [9.17, 15) is 8.78 Å². The van der Waals surface area contributed by atoms with E-state index in [-0.39, 0.29) is 18.3 Å². The molecule has 3 rings (SSSR count). The van der Waals surface area contributed by atoms with Crippen LogP contribution in [0.15, 0.2) is 18.2 Å². The van der Waals surface area contributed by atoms with Crippen LogP contribution in [0, 0.1) is 23.0 Å². The molecule has 0 N–H and O–H groups in total. The minimum Gasteiger partial charge on any atom is -0.403 e. The molecule has 0 spiro atoms. The first-order chi connectivity index (χ1) is 10.2. The summed E-state index contributed by atoms with van der Waals surface area (Å²) >= 11 is 0. The maximum atomic E-state index is 12.4. The van der Waals surface area contributed by atoms with E-state index in [2.05, 4.69) is 27.7 Å². The van der Waals surface area contributed by atoms with E-state index in [4.69, 9.17) is 14.6 Å². The summed E-state index contributed by atoms with van der Waals surface area (Å²) in [5, 5.41) is 8.17. The molecule has 1 saturated heterocycles. The summed E-state index contributed by atoms with van der Waals surface area (Å²) in [4.78, 5) is 0. The number of hydrogen-bond acceptors (Lipinski definition) is 3. The average Bonchev–Trinajstić information content (AvgIpc) is 3.19. The molecule has 22 heavy (non-hydrogen) atoms. The van der Waals surface area contributed by atoms with Crippen molar-refractivity contribution in [3.05, 3.63) is 35.4 Å². The fraction of sp³-hybridized carbons (Fsp3) is 0.562. The molecule has 1 aliphatic heterocycles. The largest absolute Gasteiger partial charge is 0.461 e. The maximum absolute atomic E-state index is 12.4. The lowest BCUT2D eigenvalue weighted by atomic mass is 9.82. The van der Waals surface area contributed by atoms with Crippen molar-refractivity contribution in [1.82, 2.24) is 0 Å². The van der Waals surface area contributed by atoms with Crippen molar-refractivity contribution in [3.8, 4) is 6.07 Å². The number of nitriles is 1. The molecule has 0 radical (unpaired) electrons. The van der Waals surface area contributed by atoms with Crippen molar-refractivity contribution in [2.24, 2.45) is 0 Å². The van der Waals surface area contributed by atoms with Gasteiger partial charge in [-0.25, -0.2) is 8.78 Å². The summed E-state index contributed by atoms with van der Waals surface area (Å²) in [6.07, 6.45) is 2.55. The van der Waals surface area contributed by atoms with Gasteiger partial charge in [0.15, 0.2) is 0 Å². The van der Waals surface area contributed by atoms with Crippen LogP contribution >= 0.6 is 0 Å². The topological polar surface area (TPSA) is 42.2 Å². The highest BCUT2D eigenvalue weighted by molar-refractivity contribution is 6.48. The van der Waals surface area contributed by atoms with E-state index in [0.717, 1.165) is 12.1 Å². The Morgan fingerprint density at radius 3 is 1.86 bits per heavy atom. The number of halogens is 2. The van der Waals surface area contributed by atoms with Gasteiger partial charge in [0.2, 0.25) is 0 Å². The van der Waals surface area contributed by atoms with E-state index in [1.807, 2.05) is 0 Å². The Labute approximate surface area is 130 Å². The van der Waals surface area contributed by atoms with Crippen LogP contribution in [0.4, 0.5) is 8.78 Å². The zero-order valence-electron chi connectivity index (χ0n) is 13.3. The Kier molecular flexibility index (Phi) is 4.60. The fourth-order valence-electron chi connectivity index (χ4n) is 2.05. The fourth-order valence-corrected chi connectivity index (χ4v) is 2.05. The minimum absolute atomic E-state index is 0.0648. The lowest BCUT2D eigenvalue weighted by Crippen LogP contribution is -2.41. The molecule has 1 aliphatic carbocycles. The second kappa shape index (κ2) is 5.98. The minimum atomic E-state index is -0.817.